The lowest BCUT2D eigenvalue weighted by molar-refractivity contribution is -0.139. The fourth-order valence-corrected chi connectivity index (χ4v) is 3.14. The van der Waals surface area contributed by atoms with Crippen LogP contribution in [0.1, 0.15) is 36.0 Å². The number of esters is 1. The van der Waals surface area contributed by atoms with E-state index in [2.05, 4.69) is 16.5 Å². The average molecular weight is 389 g/mol. The highest BCUT2D eigenvalue weighted by molar-refractivity contribution is 5.98. The molecule has 0 aliphatic carbocycles. The van der Waals surface area contributed by atoms with Gasteiger partial charge in [-0.1, -0.05) is 25.1 Å². The molecule has 6 heteroatoms. The highest BCUT2D eigenvalue weighted by Gasteiger charge is 2.15. The van der Waals surface area contributed by atoms with Gasteiger partial charge in [-0.15, -0.1) is 0 Å². The van der Waals surface area contributed by atoms with Gasteiger partial charge in [-0.25, -0.2) is 9.78 Å². The van der Waals surface area contributed by atoms with Crippen LogP contribution < -0.4 is 0 Å². The third-order valence-electron chi connectivity index (χ3n) is 4.62. The van der Waals surface area contributed by atoms with Crippen LogP contribution in [0, 0.1) is 25.2 Å². The van der Waals surface area contributed by atoms with Crippen LogP contribution in [0.15, 0.2) is 52.7 Å². The summed E-state index contributed by atoms with van der Waals surface area (Å²) in [6.45, 7) is 6.94. The second-order valence-electron chi connectivity index (χ2n) is 6.73. The third kappa shape index (κ3) is 4.64. The molecule has 0 saturated heterocycles. The van der Waals surface area contributed by atoms with Crippen LogP contribution in [0.3, 0.4) is 0 Å². The van der Waals surface area contributed by atoms with E-state index in [9.17, 15) is 10.1 Å². The van der Waals surface area contributed by atoms with Crippen molar-refractivity contribution < 1.29 is 13.9 Å². The Labute approximate surface area is 170 Å². The number of ether oxygens (including phenoxy) is 1. The fourth-order valence-electron chi connectivity index (χ4n) is 3.14. The Kier molecular flexibility index (Phi) is 6.30. The lowest BCUT2D eigenvalue weighted by atomic mass is 10.1. The number of hydrogen-bond acceptors (Lipinski definition) is 5. The number of carbonyl (C=O) groups excluding carboxylic acids is 1. The predicted octanol–water partition coefficient (Wildman–Crippen LogP) is 4.82. The minimum absolute atomic E-state index is 0.0477. The summed E-state index contributed by atoms with van der Waals surface area (Å²) in [6, 6.07) is 13.4. The molecule has 0 amide bonds. The van der Waals surface area contributed by atoms with Crippen molar-refractivity contribution in [3.63, 3.8) is 0 Å². The number of benzene rings is 1. The highest BCUT2D eigenvalue weighted by Crippen LogP contribution is 2.20. The van der Waals surface area contributed by atoms with Crippen LogP contribution in [0.5, 0.6) is 0 Å². The summed E-state index contributed by atoms with van der Waals surface area (Å²) in [5, 5.41) is 9.42. The Bertz CT molecular complexity index is 1070. The van der Waals surface area contributed by atoms with Crippen molar-refractivity contribution in [2.45, 2.75) is 40.3 Å². The van der Waals surface area contributed by atoms with Crippen molar-refractivity contribution in [1.29, 1.82) is 5.26 Å². The molecule has 148 valence electrons. The molecule has 1 aromatic carbocycles. The molecular weight excluding hydrogens is 366 g/mol. The summed E-state index contributed by atoms with van der Waals surface area (Å²) < 4.78 is 12.9. The molecule has 0 bridgehead atoms. The van der Waals surface area contributed by atoms with Crippen molar-refractivity contribution in [3.8, 4) is 17.5 Å². The van der Waals surface area contributed by atoms with Crippen LogP contribution in [0.25, 0.3) is 17.5 Å². The monoisotopic (exact) mass is 389 g/mol. The van der Waals surface area contributed by atoms with E-state index in [0.717, 1.165) is 35.5 Å². The van der Waals surface area contributed by atoms with E-state index in [1.54, 1.807) is 6.08 Å². The lowest BCUT2D eigenvalue weighted by Gasteiger charge is -2.07. The van der Waals surface area contributed by atoms with E-state index in [1.165, 1.54) is 6.26 Å². The fraction of sp³-hybridized carbons (Fsp3) is 0.261. The van der Waals surface area contributed by atoms with Gasteiger partial charge in [0.1, 0.15) is 30.2 Å². The maximum atomic E-state index is 12.4. The van der Waals surface area contributed by atoms with Gasteiger partial charge in [0.25, 0.3) is 0 Å². The summed E-state index contributed by atoms with van der Waals surface area (Å²) in [7, 11) is 0. The molecule has 0 atom stereocenters. The van der Waals surface area contributed by atoms with Gasteiger partial charge < -0.3 is 13.7 Å². The van der Waals surface area contributed by atoms with Gasteiger partial charge in [0.2, 0.25) is 5.89 Å². The van der Waals surface area contributed by atoms with Crippen molar-refractivity contribution in [3.05, 3.63) is 70.9 Å². The molecular formula is C23H23N3O3. The molecule has 3 rings (SSSR count). The minimum Gasteiger partial charge on any atom is -0.455 e. The molecule has 0 N–H and O–H groups in total. The van der Waals surface area contributed by atoms with Gasteiger partial charge in [-0.2, -0.15) is 5.26 Å². The topological polar surface area (TPSA) is 81.0 Å². The van der Waals surface area contributed by atoms with Crippen molar-refractivity contribution in [2.75, 3.05) is 0 Å². The van der Waals surface area contributed by atoms with E-state index >= 15 is 0 Å². The molecule has 0 fully saturated rings. The summed E-state index contributed by atoms with van der Waals surface area (Å²) >= 11 is 0. The Morgan fingerprint density at radius 3 is 2.76 bits per heavy atom. The van der Waals surface area contributed by atoms with Crippen molar-refractivity contribution >= 4 is 12.0 Å². The zero-order chi connectivity index (χ0) is 20.8. The molecule has 0 saturated carbocycles. The first-order chi connectivity index (χ1) is 14.0. The number of nitrogens with zero attached hydrogens (tertiary/aromatic N) is 3. The molecule has 2 aromatic heterocycles. The van der Waals surface area contributed by atoms with E-state index < -0.39 is 5.97 Å². The Morgan fingerprint density at radius 2 is 2.07 bits per heavy atom. The van der Waals surface area contributed by atoms with Gasteiger partial charge in [-0.3, -0.25) is 0 Å². The van der Waals surface area contributed by atoms with Crippen molar-refractivity contribution in [1.82, 2.24) is 9.55 Å². The van der Waals surface area contributed by atoms with E-state index in [0.29, 0.717) is 11.6 Å². The van der Waals surface area contributed by atoms with Crippen LogP contribution in [-0.4, -0.2) is 15.5 Å². The molecule has 0 spiro atoms. The zero-order valence-electron chi connectivity index (χ0n) is 16.8. The number of aromatic nitrogens is 2. The summed E-state index contributed by atoms with van der Waals surface area (Å²) in [4.78, 5) is 16.7. The number of hydrogen-bond donors (Lipinski definition) is 0. The van der Waals surface area contributed by atoms with Gasteiger partial charge in [0, 0.05) is 23.5 Å². The number of carbonyl (C=O) groups is 1. The van der Waals surface area contributed by atoms with Crippen LogP contribution in [-0.2, 0) is 22.7 Å². The van der Waals surface area contributed by atoms with Gasteiger partial charge in [-0.05, 0) is 50.1 Å². The minimum atomic E-state index is -0.683. The molecule has 0 aliphatic heterocycles. The number of aryl methyl sites for hydroxylation is 1. The predicted molar refractivity (Wildman–Crippen MR) is 110 cm³/mol. The first-order valence-corrected chi connectivity index (χ1v) is 9.49. The summed E-state index contributed by atoms with van der Waals surface area (Å²) in [5.41, 5.74) is 4.23. The quantitative estimate of drug-likeness (QED) is 0.329. The molecule has 3 aromatic rings. The number of oxazole rings is 1. The SMILES string of the molecule is CCCn1c(C)cc(/C=C(\C#N)C(=O)OCc2coc(-c3ccccc3)n2)c1C. The van der Waals surface area contributed by atoms with Crippen molar-refractivity contribution in [2.24, 2.45) is 0 Å². The highest BCUT2D eigenvalue weighted by atomic mass is 16.5. The molecule has 0 aliphatic rings. The van der Waals surface area contributed by atoms with Gasteiger partial charge in [0.05, 0.1) is 0 Å². The normalized spacial score (nSPS) is 11.3. The maximum absolute atomic E-state index is 12.4. The first kappa shape index (κ1) is 20.2. The maximum Gasteiger partial charge on any atom is 0.349 e. The molecule has 2 heterocycles. The van der Waals surface area contributed by atoms with E-state index in [4.69, 9.17) is 9.15 Å². The third-order valence-corrected chi connectivity index (χ3v) is 4.62. The largest absolute Gasteiger partial charge is 0.455 e. The smallest absolute Gasteiger partial charge is 0.349 e. The Morgan fingerprint density at radius 1 is 1.31 bits per heavy atom. The van der Waals surface area contributed by atoms with Crippen LogP contribution in [0.2, 0.25) is 0 Å². The van der Waals surface area contributed by atoms with E-state index in [1.807, 2.05) is 56.3 Å². The van der Waals surface area contributed by atoms with Crippen LogP contribution in [0.4, 0.5) is 0 Å². The number of rotatable bonds is 7. The molecule has 0 radical (unpaired) electrons. The zero-order valence-corrected chi connectivity index (χ0v) is 16.8. The molecule has 0 unspecified atom stereocenters. The summed E-state index contributed by atoms with van der Waals surface area (Å²) in [5.74, 6) is -0.229. The van der Waals surface area contributed by atoms with Crippen LogP contribution >= 0.6 is 0 Å². The molecule has 6 nitrogen and oxygen atoms in total. The summed E-state index contributed by atoms with van der Waals surface area (Å²) in [6.07, 6.45) is 4.04. The second-order valence-corrected chi connectivity index (χ2v) is 6.73. The second kappa shape index (κ2) is 9.07. The Balaban J connectivity index is 1.70. The average Bonchev–Trinajstić information content (AvgIpc) is 3.31. The standard InChI is InChI=1S/C23H23N3O3/c1-4-10-26-16(2)11-19(17(26)3)12-20(13-24)23(27)29-15-21-14-28-22(25-21)18-8-6-5-7-9-18/h5-9,11-12,14H,4,10,15H2,1-3H3/b20-12+. The molecule has 29 heavy (non-hydrogen) atoms. The van der Waals surface area contributed by atoms with Gasteiger partial charge in [0.15, 0.2) is 0 Å². The van der Waals surface area contributed by atoms with E-state index in [-0.39, 0.29) is 12.2 Å². The first-order valence-electron chi connectivity index (χ1n) is 9.49. The number of nitriles is 1. The lowest BCUT2D eigenvalue weighted by Crippen LogP contribution is -2.07. The Hall–Kier alpha value is -3.59. The van der Waals surface area contributed by atoms with Gasteiger partial charge >= 0.3 is 5.97 Å².